The van der Waals surface area contributed by atoms with Crippen molar-refractivity contribution >= 4 is 11.5 Å². The minimum Gasteiger partial charge on any atom is -0.354 e. The lowest BCUT2D eigenvalue weighted by Crippen LogP contribution is -2.45. The van der Waals surface area contributed by atoms with Gasteiger partial charge in [-0.25, -0.2) is 9.97 Å². The van der Waals surface area contributed by atoms with Gasteiger partial charge < -0.3 is 14.4 Å². The number of aromatic nitrogens is 4. The highest BCUT2D eigenvalue weighted by Crippen LogP contribution is 2.34. The van der Waals surface area contributed by atoms with Gasteiger partial charge in [-0.2, -0.15) is 0 Å². The first kappa shape index (κ1) is 17.7. The van der Waals surface area contributed by atoms with Crippen LogP contribution in [0, 0.1) is 0 Å². The van der Waals surface area contributed by atoms with Crippen molar-refractivity contribution in [3.63, 3.8) is 0 Å². The second-order valence-electron chi connectivity index (χ2n) is 8.13. The predicted molar refractivity (Wildman–Crippen MR) is 110 cm³/mol. The third-order valence-electron chi connectivity index (χ3n) is 6.25. The zero-order valence-electron chi connectivity index (χ0n) is 16.8. The first-order chi connectivity index (χ1) is 13.7. The third kappa shape index (κ3) is 3.08. The number of fused-ring (bicyclic) bond motifs is 1. The molecule has 5 heterocycles. The van der Waals surface area contributed by atoms with Crippen LogP contribution in [-0.4, -0.2) is 68.5 Å². The highest BCUT2D eigenvalue weighted by Gasteiger charge is 2.31. The van der Waals surface area contributed by atoms with E-state index in [9.17, 15) is 0 Å². The van der Waals surface area contributed by atoms with Gasteiger partial charge in [-0.05, 0) is 38.6 Å². The molecule has 2 saturated heterocycles. The fourth-order valence-electron chi connectivity index (χ4n) is 4.69. The van der Waals surface area contributed by atoms with Crippen LogP contribution in [0.25, 0.3) is 5.65 Å². The van der Waals surface area contributed by atoms with E-state index in [1.165, 1.54) is 30.2 Å². The fraction of sp³-hybridized carbons (Fsp3) is 0.524. The Morgan fingerprint density at radius 1 is 1.04 bits per heavy atom. The number of piperazine rings is 1. The number of pyridine rings is 1. The molecular formula is C21H29N7. The molecule has 5 rings (SSSR count). The zero-order chi connectivity index (χ0) is 19.1. The van der Waals surface area contributed by atoms with Gasteiger partial charge in [0.15, 0.2) is 0 Å². The van der Waals surface area contributed by atoms with Gasteiger partial charge in [0.1, 0.15) is 17.3 Å². The molecule has 0 radical (unpaired) electrons. The first-order valence-electron chi connectivity index (χ1n) is 10.3. The molecule has 0 saturated carbocycles. The van der Waals surface area contributed by atoms with Crippen LogP contribution in [0.3, 0.4) is 0 Å². The number of likely N-dealkylation sites (tertiary alicyclic amines) is 1. The number of anilines is 1. The van der Waals surface area contributed by atoms with Crippen molar-refractivity contribution in [2.45, 2.75) is 25.4 Å². The molecule has 7 nitrogen and oxygen atoms in total. The molecule has 0 spiro atoms. The molecule has 0 aliphatic carbocycles. The molecule has 28 heavy (non-hydrogen) atoms. The number of aryl methyl sites for hydroxylation is 1. The van der Waals surface area contributed by atoms with E-state index in [2.05, 4.69) is 67.1 Å². The molecule has 3 aromatic heterocycles. The van der Waals surface area contributed by atoms with Crippen molar-refractivity contribution in [1.29, 1.82) is 0 Å². The van der Waals surface area contributed by atoms with Crippen LogP contribution < -0.4 is 4.90 Å². The average molecular weight is 380 g/mol. The Morgan fingerprint density at radius 2 is 1.89 bits per heavy atom. The van der Waals surface area contributed by atoms with E-state index in [0.29, 0.717) is 6.04 Å². The van der Waals surface area contributed by atoms with Crippen molar-refractivity contribution in [3.8, 4) is 0 Å². The Bertz CT molecular complexity index is 951. The summed E-state index contributed by atoms with van der Waals surface area (Å²) in [5.41, 5.74) is 2.23. The molecule has 2 aliphatic heterocycles. The van der Waals surface area contributed by atoms with Gasteiger partial charge in [0.2, 0.25) is 0 Å². The highest BCUT2D eigenvalue weighted by molar-refractivity contribution is 5.57. The van der Waals surface area contributed by atoms with Crippen LogP contribution in [0.1, 0.15) is 30.4 Å². The number of nitrogens with zero attached hydrogens (tertiary/aromatic N) is 7. The molecular weight excluding hydrogens is 350 g/mol. The zero-order valence-corrected chi connectivity index (χ0v) is 16.8. The molecule has 2 aliphatic rings. The second kappa shape index (κ2) is 7.22. The van der Waals surface area contributed by atoms with E-state index >= 15 is 0 Å². The summed E-state index contributed by atoms with van der Waals surface area (Å²) in [6.07, 6.45) is 8.50. The lowest BCUT2D eigenvalue weighted by Gasteiger charge is -2.34. The summed E-state index contributed by atoms with van der Waals surface area (Å²) in [4.78, 5) is 17.2. The topological polar surface area (TPSA) is 44.8 Å². The summed E-state index contributed by atoms with van der Waals surface area (Å²) >= 11 is 0. The molecule has 2 fully saturated rings. The summed E-state index contributed by atoms with van der Waals surface area (Å²) in [5.74, 6) is 2.44. The van der Waals surface area contributed by atoms with Crippen LogP contribution in [0.15, 0.2) is 36.8 Å². The van der Waals surface area contributed by atoms with Crippen LogP contribution in [-0.2, 0) is 13.6 Å². The molecule has 148 valence electrons. The summed E-state index contributed by atoms with van der Waals surface area (Å²) in [7, 11) is 4.30. The normalized spacial score (nSPS) is 21.8. The van der Waals surface area contributed by atoms with Crippen molar-refractivity contribution < 1.29 is 0 Å². The third-order valence-corrected chi connectivity index (χ3v) is 6.25. The lowest BCUT2D eigenvalue weighted by molar-refractivity contribution is 0.234. The summed E-state index contributed by atoms with van der Waals surface area (Å²) in [6, 6.07) is 6.67. The average Bonchev–Trinajstić information content (AvgIpc) is 3.41. The first-order valence-corrected chi connectivity index (χ1v) is 10.3. The van der Waals surface area contributed by atoms with Crippen molar-refractivity contribution in [2.24, 2.45) is 7.05 Å². The number of imidazole rings is 2. The number of rotatable bonds is 4. The Kier molecular flexibility index (Phi) is 4.56. The minimum atomic E-state index is 0.380. The number of hydrogen-bond acceptors (Lipinski definition) is 5. The molecule has 1 unspecified atom stereocenters. The fourth-order valence-corrected chi connectivity index (χ4v) is 4.69. The van der Waals surface area contributed by atoms with E-state index < -0.39 is 0 Å². The van der Waals surface area contributed by atoms with Gasteiger partial charge in [-0.3, -0.25) is 9.30 Å². The maximum atomic E-state index is 5.05. The molecule has 7 heteroatoms. The lowest BCUT2D eigenvalue weighted by atomic mass is 10.2. The van der Waals surface area contributed by atoms with Crippen LogP contribution >= 0.6 is 0 Å². The van der Waals surface area contributed by atoms with E-state index in [0.717, 1.165) is 44.9 Å². The monoisotopic (exact) mass is 379 g/mol. The van der Waals surface area contributed by atoms with E-state index in [1.807, 2.05) is 12.4 Å². The minimum absolute atomic E-state index is 0.380. The predicted octanol–water partition coefficient (Wildman–Crippen LogP) is 2.16. The Labute approximate surface area is 166 Å². The van der Waals surface area contributed by atoms with Gasteiger partial charge >= 0.3 is 0 Å². The van der Waals surface area contributed by atoms with Crippen LogP contribution in [0.2, 0.25) is 0 Å². The van der Waals surface area contributed by atoms with Gasteiger partial charge in [0, 0.05) is 58.4 Å². The molecule has 0 N–H and O–H groups in total. The Morgan fingerprint density at radius 3 is 2.68 bits per heavy atom. The molecule has 0 aromatic carbocycles. The SMILES string of the molecule is CN1CCN(c2c(CN3CCCC3c3nccn3C)nc3ccccn23)CC1. The van der Waals surface area contributed by atoms with Crippen LogP contribution in [0.5, 0.6) is 0 Å². The standard InChI is InChI=1S/C21H29N7/c1-24-12-14-26(15-13-24)21-17(23-19-7-3-4-10-28(19)21)16-27-9-5-6-18(27)20-22-8-11-25(20)2/h3-4,7-8,10-11,18H,5-6,9,12-16H2,1-2H3. The summed E-state index contributed by atoms with van der Waals surface area (Å²) in [5, 5.41) is 0. The Hall–Kier alpha value is -2.38. The maximum absolute atomic E-state index is 5.05. The maximum Gasteiger partial charge on any atom is 0.138 e. The van der Waals surface area contributed by atoms with Gasteiger partial charge in [0.05, 0.1) is 11.7 Å². The van der Waals surface area contributed by atoms with Crippen molar-refractivity contribution in [1.82, 2.24) is 28.7 Å². The quantitative estimate of drug-likeness (QED) is 0.695. The van der Waals surface area contributed by atoms with Gasteiger partial charge in [-0.15, -0.1) is 0 Å². The van der Waals surface area contributed by atoms with E-state index in [4.69, 9.17) is 4.98 Å². The molecule has 1 atom stereocenters. The number of hydrogen-bond donors (Lipinski definition) is 0. The summed E-state index contributed by atoms with van der Waals surface area (Å²) < 4.78 is 4.43. The molecule has 0 bridgehead atoms. The van der Waals surface area contributed by atoms with Crippen molar-refractivity contribution in [2.75, 3.05) is 44.7 Å². The van der Waals surface area contributed by atoms with Gasteiger partial charge in [-0.1, -0.05) is 6.07 Å². The Balaban J connectivity index is 1.48. The van der Waals surface area contributed by atoms with Crippen molar-refractivity contribution in [3.05, 3.63) is 48.3 Å². The molecule has 0 amide bonds. The number of likely N-dealkylation sites (N-methyl/N-ethyl adjacent to an activating group) is 1. The smallest absolute Gasteiger partial charge is 0.138 e. The summed E-state index contributed by atoms with van der Waals surface area (Å²) in [6.45, 7) is 6.27. The van der Waals surface area contributed by atoms with E-state index in [-0.39, 0.29) is 0 Å². The van der Waals surface area contributed by atoms with Gasteiger partial charge in [0.25, 0.3) is 0 Å². The largest absolute Gasteiger partial charge is 0.354 e. The molecule has 3 aromatic rings. The van der Waals surface area contributed by atoms with E-state index in [1.54, 1.807) is 0 Å². The second-order valence-corrected chi connectivity index (χ2v) is 8.13. The highest BCUT2D eigenvalue weighted by atomic mass is 15.3. The van der Waals surface area contributed by atoms with Crippen LogP contribution in [0.4, 0.5) is 5.82 Å².